The summed E-state index contributed by atoms with van der Waals surface area (Å²) >= 11 is 0. The molecule has 2 heterocycles. The normalized spacial score (nSPS) is 22.7. The third kappa shape index (κ3) is 5.10. The number of hydrogen-bond acceptors (Lipinski definition) is 7. The highest BCUT2D eigenvalue weighted by Gasteiger charge is 2.41. The molecule has 2 N–H and O–H groups in total. The highest BCUT2D eigenvalue weighted by Crippen LogP contribution is 2.48. The second-order valence-corrected chi connectivity index (χ2v) is 10.6. The van der Waals surface area contributed by atoms with E-state index in [4.69, 9.17) is 9.47 Å². The molecule has 1 unspecified atom stereocenters. The van der Waals surface area contributed by atoms with E-state index in [0.29, 0.717) is 11.5 Å². The molecule has 0 spiro atoms. The largest absolute Gasteiger partial charge is 0.573 e. The Bertz CT molecular complexity index is 1350. The van der Waals surface area contributed by atoms with Crippen molar-refractivity contribution in [3.05, 3.63) is 72.8 Å². The molecule has 0 amide bonds. The molecule has 1 fully saturated rings. The highest BCUT2D eigenvalue weighted by molar-refractivity contribution is 7.91. The van der Waals surface area contributed by atoms with E-state index in [-0.39, 0.29) is 18.1 Å². The lowest BCUT2D eigenvalue weighted by molar-refractivity contribution is -0.274. The summed E-state index contributed by atoms with van der Waals surface area (Å²) in [6, 6.07) is 18.1. The van der Waals surface area contributed by atoms with E-state index >= 15 is 0 Å². The van der Waals surface area contributed by atoms with Crippen LogP contribution in [0.15, 0.2) is 82.1 Å². The number of hydrogen-bond donors (Lipinski definition) is 2. The first kappa shape index (κ1) is 25.3. The Morgan fingerprint density at radius 2 is 1.59 bits per heavy atom. The molecule has 0 saturated carbocycles. The Hall–Kier alpha value is -3.32. The minimum absolute atomic E-state index is 0.0487. The predicted molar refractivity (Wildman–Crippen MR) is 131 cm³/mol. The van der Waals surface area contributed by atoms with E-state index in [0.717, 1.165) is 23.5 Å². The van der Waals surface area contributed by atoms with Gasteiger partial charge in [0, 0.05) is 7.05 Å². The number of alkyl halides is 3. The zero-order valence-corrected chi connectivity index (χ0v) is 20.4. The summed E-state index contributed by atoms with van der Waals surface area (Å²) in [5.41, 5.74) is 1.49. The van der Waals surface area contributed by atoms with Gasteiger partial charge in [-0.15, -0.1) is 13.2 Å². The van der Waals surface area contributed by atoms with Gasteiger partial charge in [0.1, 0.15) is 15.7 Å². The van der Waals surface area contributed by atoms with Crippen molar-refractivity contribution in [2.45, 2.75) is 29.4 Å². The minimum Gasteiger partial charge on any atom is -0.453 e. The third-order valence-electron chi connectivity index (χ3n) is 6.14. The quantitative estimate of drug-likeness (QED) is 0.496. The van der Waals surface area contributed by atoms with Gasteiger partial charge in [-0.1, -0.05) is 24.3 Å². The van der Waals surface area contributed by atoms with Crippen LogP contribution in [0.25, 0.3) is 0 Å². The van der Waals surface area contributed by atoms with Crippen molar-refractivity contribution < 1.29 is 36.7 Å². The van der Waals surface area contributed by atoms with Crippen molar-refractivity contribution in [3.8, 4) is 17.2 Å². The monoisotopic (exact) mass is 535 g/mol. The van der Waals surface area contributed by atoms with E-state index in [2.05, 4.69) is 13.8 Å². The number of ether oxygens (including phenoxy) is 3. The van der Waals surface area contributed by atoms with Gasteiger partial charge in [0.05, 0.1) is 47.7 Å². The van der Waals surface area contributed by atoms with Gasteiger partial charge in [-0.3, -0.25) is 0 Å². The first-order valence-corrected chi connectivity index (χ1v) is 12.9. The van der Waals surface area contributed by atoms with Gasteiger partial charge >= 0.3 is 6.36 Å². The molecule has 3 aromatic rings. The van der Waals surface area contributed by atoms with Crippen molar-refractivity contribution in [2.75, 3.05) is 25.2 Å². The molecule has 37 heavy (non-hydrogen) atoms. The fourth-order valence-electron chi connectivity index (χ4n) is 4.46. The molecule has 196 valence electrons. The lowest BCUT2D eigenvalue weighted by Gasteiger charge is -2.44. The molecule has 0 radical (unpaired) electrons. The molecule has 8 nitrogen and oxygen atoms in total. The fourth-order valence-corrected chi connectivity index (χ4v) is 6.03. The maximum atomic E-state index is 13.7. The van der Waals surface area contributed by atoms with Crippen LogP contribution in [0.3, 0.4) is 0 Å². The van der Waals surface area contributed by atoms with Crippen LogP contribution in [0.5, 0.6) is 17.2 Å². The van der Waals surface area contributed by atoms with Gasteiger partial charge in [0.2, 0.25) is 0 Å². The Morgan fingerprint density at radius 3 is 2.16 bits per heavy atom. The minimum atomic E-state index is -4.84. The molecule has 1 saturated heterocycles. The first-order chi connectivity index (χ1) is 17.7. The number of rotatable bonds is 5. The zero-order valence-electron chi connectivity index (χ0n) is 19.6. The van der Waals surface area contributed by atoms with E-state index in [1.54, 1.807) is 0 Å². The second kappa shape index (κ2) is 9.86. The maximum Gasteiger partial charge on any atom is 0.573 e. The summed E-state index contributed by atoms with van der Waals surface area (Å²) in [4.78, 5) is 2.09. The number of benzene rings is 3. The lowest BCUT2D eigenvalue weighted by Crippen LogP contribution is -2.60. The van der Waals surface area contributed by atoms with Crippen molar-refractivity contribution in [2.24, 2.45) is 4.36 Å². The topological polar surface area (TPSA) is 92.6 Å². The number of halogens is 3. The van der Waals surface area contributed by atoms with Crippen molar-refractivity contribution in [1.29, 1.82) is 0 Å². The van der Waals surface area contributed by atoms with Gasteiger partial charge in [-0.05, 0) is 48.5 Å². The summed E-state index contributed by atoms with van der Waals surface area (Å²) < 4.78 is 73.9. The second-order valence-electron chi connectivity index (χ2n) is 8.45. The molecule has 4 atom stereocenters. The summed E-state index contributed by atoms with van der Waals surface area (Å²) in [6.07, 6.45) is -5.89. The molecule has 5 rings (SSSR count). The Labute approximate surface area is 211 Å². The van der Waals surface area contributed by atoms with E-state index in [9.17, 15) is 22.5 Å². The highest BCUT2D eigenvalue weighted by atomic mass is 32.2. The van der Waals surface area contributed by atoms with Crippen LogP contribution in [0.4, 0.5) is 24.5 Å². The van der Waals surface area contributed by atoms with Crippen molar-refractivity contribution in [3.63, 3.8) is 0 Å². The van der Waals surface area contributed by atoms with Gasteiger partial charge in [-0.2, -0.15) is 0 Å². The average Bonchev–Trinajstić information content (AvgIpc) is 2.88. The lowest BCUT2D eigenvalue weighted by atomic mass is 9.98. The van der Waals surface area contributed by atoms with E-state index < -0.39 is 40.2 Å². The number of aliphatic hydroxyl groups is 1. The molecule has 0 aliphatic carbocycles. The average molecular weight is 536 g/mol. The number of aliphatic hydroxyl groups excluding tert-OH is 1. The molecular weight excluding hydrogens is 511 g/mol. The van der Waals surface area contributed by atoms with Crippen molar-refractivity contribution in [1.82, 2.24) is 4.72 Å². The van der Waals surface area contributed by atoms with Crippen LogP contribution in [0, 0.1) is 0 Å². The maximum absolute atomic E-state index is 13.7. The molecule has 2 aliphatic rings. The van der Waals surface area contributed by atoms with Crippen molar-refractivity contribution >= 4 is 21.3 Å². The van der Waals surface area contributed by atoms with Gasteiger partial charge in [0.25, 0.3) is 0 Å². The Morgan fingerprint density at radius 1 is 1.00 bits per heavy atom. The Kier molecular flexibility index (Phi) is 6.75. The molecular formula is C25H24F3N3O5S. The standard InChI is InChI=1S/C25H24F3N3O5S/c1-29-37(33,17-12-10-16(11-13-17)36-25(26,27)28)30-18-14-34-15-21(24(18)32)31-19-6-2-4-8-22(19)35-23-9-5-3-7-20(23)31/h2-13,18,21,24,32H,14-15H2,1H3,(H,29,30,33)/t18-,21-,24-,37?/m1/s1. The Balaban J connectivity index is 1.42. The molecule has 0 aromatic heterocycles. The van der Waals surface area contributed by atoms with Gasteiger partial charge in [0.15, 0.2) is 11.5 Å². The molecule has 12 heteroatoms. The van der Waals surface area contributed by atoms with Crippen LogP contribution < -0.4 is 19.1 Å². The van der Waals surface area contributed by atoms with Crippen LogP contribution in [0.1, 0.15) is 0 Å². The number of nitrogens with zero attached hydrogens (tertiary/aromatic N) is 2. The van der Waals surface area contributed by atoms with Crippen LogP contribution in [-0.4, -0.2) is 54.1 Å². The van der Waals surface area contributed by atoms with Gasteiger partial charge in [-0.25, -0.2) is 13.3 Å². The molecule has 3 aromatic carbocycles. The molecule has 2 aliphatic heterocycles. The smallest absolute Gasteiger partial charge is 0.453 e. The summed E-state index contributed by atoms with van der Waals surface area (Å²) in [5.74, 6) is 0.800. The number of anilines is 2. The number of nitrogens with one attached hydrogen (secondary N) is 1. The zero-order chi connectivity index (χ0) is 26.2. The SMILES string of the molecule is CN=S(=O)(N[C@@H]1COC[C@@H](N2c3ccccc3Oc3ccccc32)[C@@H]1O)c1ccc(OC(F)(F)F)cc1. The van der Waals surface area contributed by atoms with Gasteiger partial charge < -0.3 is 24.2 Å². The summed E-state index contributed by atoms with van der Waals surface area (Å²) in [5, 5.41) is 11.5. The fraction of sp³-hybridized carbons (Fsp3) is 0.280. The van der Waals surface area contributed by atoms with E-state index in [1.165, 1.54) is 19.2 Å². The first-order valence-electron chi connectivity index (χ1n) is 11.4. The summed E-state index contributed by atoms with van der Waals surface area (Å²) in [6.45, 7) is 0.239. The van der Waals surface area contributed by atoms with E-state index in [1.807, 2.05) is 53.4 Å². The summed E-state index contributed by atoms with van der Waals surface area (Å²) in [7, 11) is -1.99. The van der Waals surface area contributed by atoms with Crippen LogP contribution >= 0.6 is 0 Å². The third-order valence-corrected chi connectivity index (χ3v) is 8.19. The van der Waals surface area contributed by atoms with Crippen LogP contribution in [0.2, 0.25) is 0 Å². The molecule has 0 bridgehead atoms. The number of fused-ring (bicyclic) bond motifs is 2. The van der Waals surface area contributed by atoms with Crippen LogP contribution in [-0.2, 0) is 14.7 Å². The number of para-hydroxylation sites is 4. The predicted octanol–water partition coefficient (Wildman–Crippen LogP) is 4.62.